The molecular formula is C21H17Cl2N3O2S. The lowest BCUT2D eigenvalue weighted by Crippen LogP contribution is -2.25. The molecule has 1 N–H and O–H groups in total. The number of carbonyl (C=O) groups is 1. The summed E-state index contributed by atoms with van der Waals surface area (Å²) in [6.45, 7) is 2.37. The molecule has 0 radical (unpaired) electrons. The fourth-order valence-corrected chi connectivity index (χ4v) is 4.09. The van der Waals surface area contributed by atoms with Gasteiger partial charge in [-0.25, -0.2) is 4.98 Å². The second kappa shape index (κ2) is 8.45. The Kier molecular flexibility index (Phi) is 5.76. The van der Waals surface area contributed by atoms with E-state index in [1.54, 1.807) is 22.7 Å². The Morgan fingerprint density at radius 1 is 1.10 bits per heavy atom. The lowest BCUT2D eigenvalue weighted by molar-refractivity contribution is 0.0944. The van der Waals surface area contributed by atoms with Crippen LogP contribution in [0.5, 0.6) is 11.5 Å². The van der Waals surface area contributed by atoms with Crippen molar-refractivity contribution in [3.05, 3.63) is 81.0 Å². The number of carbonyl (C=O) groups excluding carboxylic acids is 1. The first kappa shape index (κ1) is 19.8. The van der Waals surface area contributed by atoms with Crippen LogP contribution in [0.25, 0.3) is 4.96 Å². The second-order valence-corrected chi connectivity index (χ2v) is 8.41. The summed E-state index contributed by atoms with van der Waals surface area (Å²) in [6, 6.07) is 14.7. The monoisotopic (exact) mass is 445 g/mol. The van der Waals surface area contributed by atoms with E-state index >= 15 is 0 Å². The number of nitrogens with zero attached hydrogens (tertiary/aromatic N) is 2. The molecule has 0 aliphatic rings. The van der Waals surface area contributed by atoms with Crippen molar-refractivity contribution in [2.45, 2.75) is 19.9 Å². The number of amides is 1. The third-order valence-electron chi connectivity index (χ3n) is 4.35. The summed E-state index contributed by atoms with van der Waals surface area (Å²) in [5.41, 5.74) is 2.26. The number of imidazole rings is 1. The fraction of sp³-hybridized carbons (Fsp3) is 0.143. The van der Waals surface area contributed by atoms with Crippen LogP contribution in [0, 0.1) is 0 Å². The molecule has 0 aliphatic carbocycles. The van der Waals surface area contributed by atoms with Gasteiger partial charge in [0.2, 0.25) is 0 Å². The molecule has 29 heavy (non-hydrogen) atoms. The van der Waals surface area contributed by atoms with Crippen molar-refractivity contribution in [2.75, 3.05) is 0 Å². The van der Waals surface area contributed by atoms with E-state index in [1.807, 2.05) is 43.3 Å². The highest BCUT2D eigenvalue weighted by Gasteiger charge is 2.19. The Labute approximate surface area is 181 Å². The highest BCUT2D eigenvalue weighted by Crippen LogP contribution is 2.26. The summed E-state index contributed by atoms with van der Waals surface area (Å²) in [6.07, 6.45) is 2.40. The number of hydrogen-bond acceptors (Lipinski definition) is 4. The van der Waals surface area contributed by atoms with Gasteiger partial charge >= 0.3 is 0 Å². The number of rotatable bonds is 6. The molecule has 0 spiro atoms. The maximum absolute atomic E-state index is 12.8. The third kappa shape index (κ3) is 4.40. The number of nitrogens with one attached hydrogen (secondary N) is 1. The number of aryl methyl sites for hydroxylation is 1. The zero-order valence-corrected chi connectivity index (χ0v) is 17.8. The minimum Gasteiger partial charge on any atom is -0.457 e. The molecular weight excluding hydrogens is 429 g/mol. The normalized spacial score (nSPS) is 11.0. The molecule has 2 aromatic carbocycles. The fourth-order valence-electron chi connectivity index (χ4n) is 2.93. The third-order valence-corrected chi connectivity index (χ3v) is 5.70. The highest BCUT2D eigenvalue weighted by atomic mass is 35.5. The standard InChI is InChI=1S/C21H17Cl2N3O2S/c1-2-17-19(26-12-18(23)29-21(26)25-17)20(27)24-11-13-3-7-15(8-4-13)28-16-9-5-14(22)6-10-16/h3-10,12H,2,11H2,1H3,(H,24,27). The summed E-state index contributed by atoms with van der Waals surface area (Å²) in [4.78, 5) is 18.0. The van der Waals surface area contributed by atoms with Crippen LogP contribution in [0.1, 0.15) is 28.7 Å². The Morgan fingerprint density at radius 3 is 2.41 bits per heavy atom. The van der Waals surface area contributed by atoms with Crippen molar-refractivity contribution in [3.63, 3.8) is 0 Å². The van der Waals surface area contributed by atoms with Crippen molar-refractivity contribution in [1.82, 2.24) is 14.7 Å². The Hall–Kier alpha value is -2.54. The van der Waals surface area contributed by atoms with Gasteiger partial charge < -0.3 is 10.1 Å². The van der Waals surface area contributed by atoms with Gasteiger partial charge in [0.1, 0.15) is 21.5 Å². The molecule has 0 unspecified atom stereocenters. The average Bonchev–Trinajstić information content (AvgIpc) is 3.24. The number of halogens is 2. The lowest BCUT2D eigenvalue weighted by Gasteiger charge is -2.08. The molecule has 5 nitrogen and oxygen atoms in total. The van der Waals surface area contributed by atoms with Crippen LogP contribution >= 0.6 is 34.5 Å². The maximum Gasteiger partial charge on any atom is 0.270 e. The Balaban J connectivity index is 1.42. The van der Waals surface area contributed by atoms with Gasteiger partial charge in [0.05, 0.1) is 5.69 Å². The SMILES string of the molecule is CCc1nc2sc(Cl)cn2c1C(=O)NCc1ccc(Oc2ccc(Cl)cc2)cc1. The summed E-state index contributed by atoms with van der Waals surface area (Å²) in [5.74, 6) is 1.24. The Morgan fingerprint density at radius 2 is 1.76 bits per heavy atom. The van der Waals surface area contributed by atoms with Crippen LogP contribution in [-0.4, -0.2) is 15.3 Å². The van der Waals surface area contributed by atoms with Gasteiger partial charge in [-0.1, -0.05) is 53.6 Å². The zero-order valence-electron chi connectivity index (χ0n) is 15.5. The van der Waals surface area contributed by atoms with Crippen LogP contribution in [0.4, 0.5) is 0 Å². The van der Waals surface area contributed by atoms with Gasteiger partial charge in [-0.15, -0.1) is 0 Å². The van der Waals surface area contributed by atoms with E-state index in [-0.39, 0.29) is 5.91 Å². The molecule has 2 heterocycles. The van der Waals surface area contributed by atoms with E-state index in [4.69, 9.17) is 27.9 Å². The molecule has 148 valence electrons. The molecule has 0 bridgehead atoms. The Bertz CT molecular complexity index is 1150. The van der Waals surface area contributed by atoms with Crippen LogP contribution in [0.15, 0.2) is 54.7 Å². The molecule has 4 aromatic rings. The van der Waals surface area contributed by atoms with E-state index in [1.165, 1.54) is 11.3 Å². The molecule has 1 amide bonds. The van der Waals surface area contributed by atoms with Crippen molar-refractivity contribution < 1.29 is 9.53 Å². The van der Waals surface area contributed by atoms with Crippen molar-refractivity contribution in [1.29, 1.82) is 0 Å². The molecule has 0 fully saturated rings. The number of ether oxygens (including phenoxy) is 1. The van der Waals surface area contributed by atoms with Gasteiger partial charge in [0.15, 0.2) is 4.96 Å². The smallest absolute Gasteiger partial charge is 0.270 e. The second-order valence-electron chi connectivity index (χ2n) is 6.33. The van der Waals surface area contributed by atoms with Crippen molar-refractivity contribution >= 4 is 45.4 Å². The molecule has 2 aromatic heterocycles. The first-order chi connectivity index (χ1) is 14.0. The van der Waals surface area contributed by atoms with E-state index in [0.717, 1.165) is 16.2 Å². The molecule has 4 rings (SSSR count). The van der Waals surface area contributed by atoms with Gasteiger partial charge in [-0.05, 0) is 48.4 Å². The summed E-state index contributed by atoms with van der Waals surface area (Å²) >= 11 is 13.3. The zero-order chi connectivity index (χ0) is 20.4. The van der Waals surface area contributed by atoms with Crippen LogP contribution in [-0.2, 0) is 13.0 Å². The largest absolute Gasteiger partial charge is 0.457 e. The van der Waals surface area contributed by atoms with Crippen molar-refractivity contribution in [3.8, 4) is 11.5 Å². The first-order valence-electron chi connectivity index (χ1n) is 9.00. The van der Waals surface area contributed by atoms with Crippen molar-refractivity contribution in [2.24, 2.45) is 0 Å². The first-order valence-corrected chi connectivity index (χ1v) is 10.6. The lowest BCUT2D eigenvalue weighted by atomic mass is 10.2. The number of fused-ring (bicyclic) bond motifs is 1. The van der Waals surface area contributed by atoms with Gasteiger partial charge in [-0.3, -0.25) is 9.20 Å². The van der Waals surface area contributed by atoms with Gasteiger partial charge in [-0.2, -0.15) is 0 Å². The molecule has 8 heteroatoms. The topological polar surface area (TPSA) is 55.6 Å². The quantitative estimate of drug-likeness (QED) is 0.396. The predicted molar refractivity (Wildman–Crippen MR) is 117 cm³/mol. The molecule has 0 saturated heterocycles. The summed E-state index contributed by atoms with van der Waals surface area (Å²) < 4.78 is 8.14. The van der Waals surface area contributed by atoms with E-state index in [2.05, 4.69) is 10.3 Å². The van der Waals surface area contributed by atoms with Crippen LogP contribution in [0.3, 0.4) is 0 Å². The van der Waals surface area contributed by atoms with Crippen LogP contribution in [0.2, 0.25) is 9.36 Å². The van der Waals surface area contributed by atoms with Gasteiger partial charge in [0, 0.05) is 17.8 Å². The predicted octanol–water partition coefficient (Wildman–Crippen LogP) is 5.99. The molecule has 0 saturated carbocycles. The minimum atomic E-state index is -0.176. The average molecular weight is 446 g/mol. The number of benzene rings is 2. The summed E-state index contributed by atoms with van der Waals surface area (Å²) in [7, 11) is 0. The maximum atomic E-state index is 12.8. The number of thiazole rings is 1. The number of hydrogen-bond donors (Lipinski definition) is 1. The van der Waals surface area contributed by atoms with E-state index in [0.29, 0.717) is 39.5 Å². The number of aromatic nitrogens is 2. The van der Waals surface area contributed by atoms with E-state index < -0.39 is 0 Å². The van der Waals surface area contributed by atoms with Crippen LogP contribution < -0.4 is 10.1 Å². The van der Waals surface area contributed by atoms with Gasteiger partial charge in [0.25, 0.3) is 5.91 Å². The summed E-state index contributed by atoms with van der Waals surface area (Å²) in [5, 5.41) is 3.62. The molecule has 0 aliphatic heterocycles. The molecule has 0 atom stereocenters. The minimum absolute atomic E-state index is 0.176. The highest BCUT2D eigenvalue weighted by molar-refractivity contribution is 7.20. The van der Waals surface area contributed by atoms with E-state index in [9.17, 15) is 4.79 Å².